The van der Waals surface area contributed by atoms with Gasteiger partial charge in [0.25, 0.3) is 0 Å². The number of nitrogens with zero attached hydrogens (tertiary/aromatic N) is 2. The van der Waals surface area contributed by atoms with Crippen LogP contribution in [0.25, 0.3) is 11.3 Å². The smallest absolute Gasteiger partial charge is 0.203 e. The van der Waals surface area contributed by atoms with Gasteiger partial charge in [0.1, 0.15) is 5.82 Å². The van der Waals surface area contributed by atoms with Gasteiger partial charge in [-0.15, -0.1) is 0 Å². The summed E-state index contributed by atoms with van der Waals surface area (Å²) in [5.74, 6) is 2.98. The molecule has 3 rings (SSSR count). The molecule has 0 aliphatic carbocycles. The number of rotatable bonds is 4. The summed E-state index contributed by atoms with van der Waals surface area (Å²) >= 11 is 0. The number of methoxy groups -OCH3 is 3. The maximum Gasteiger partial charge on any atom is 0.203 e. The van der Waals surface area contributed by atoms with Crippen LogP contribution in [0.3, 0.4) is 0 Å². The van der Waals surface area contributed by atoms with Gasteiger partial charge in [-0.05, 0) is 31.4 Å². The Morgan fingerprint density at radius 1 is 1.04 bits per heavy atom. The molecule has 6 heteroatoms. The Morgan fingerprint density at radius 2 is 1.74 bits per heavy atom. The molecule has 2 heterocycles. The van der Waals surface area contributed by atoms with Crippen LogP contribution in [-0.4, -0.2) is 37.7 Å². The zero-order valence-corrected chi connectivity index (χ0v) is 14.1. The lowest BCUT2D eigenvalue weighted by Gasteiger charge is -2.14. The van der Waals surface area contributed by atoms with E-state index in [9.17, 15) is 0 Å². The molecule has 0 spiro atoms. The zero-order valence-electron chi connectivity index (χ0n) is 14.1. The number of hydrogen-bond donors (Lipinski definition) is 1. The average molecular weight is 317 g/mol. The molecule has 0 bridgehead atoms. The Hall–Kier alpha value is -2.37. The highest BCUT2D eigenvalue weighted by Crippen LogP contribution is 2.42. The van der Waals surface area contributed by atoms with Crippen LogP contribution in [0.5, 0.6) is 17.2 Å². The second-order valence-electron chi connectivity index (χ2n) is 5.60. The quantitative estimate of drug-likeness (QED) is 0.939. The molecule has 0 atom stereocenters. The Labute approximate surface area is 136 Å². The number of aromatic nitrogens is 2. The van der Waals surface area contributed by atoms with Crippen LogP contribution in [0.4, 0.5) is 5.82 Å². The second-order valence-corrected chi connectivity index (χ2v) is 5.60. The summed E-state index contributed by atoms with van der Waals surface area (Å²) in [5.41, 5.74) is 3.19. The molecule has 1 aliphatic rings. The molecule has 0 saturated heterocycles. The van der Waals surface area contributed by atoms with Gasteiger partial charge in [0.05, 0.1) is 27.0 Å². The average Bonchev–Trinajstić information content (AvgIpc) is 2.76. The summed E-state index contributed by atoms with van der Waals surface area (Å²) in [5, 5.41) is 8.19. The van der Waals surface area contributed by atoms with Gasteiger partial charge in [-0.1, -0.05) is 0 Å². The van der Waals surface area contributed by atoms with Gasteiger partial charge >= 0.3 is 0 Å². The molecule has 1 aromatic carbocycles. The van der Waals surface area contributed by atoms with E-state index >= 15 is 0 Å². The minimum atomic E-state index is 0.596. The molecule has 1 aromatic heterocycles. The van der Waals surface area contributed by atoms with Gasteiger partial charge in [0, 0.05) is 24.7 Å². The molecular formula is C17H23N3O3. The fraction of sp³-hybridized carbons (Fsp3) is 0.471. The third-order valence-electron chi connectivity index (χ3n) is 4.23. The fourth-order valence-electron chi connectivity index (χ4n) is 3.11. The van der Waals surface area contributed by atoms with Crippen LogP contribution in [0.2, 0.25) is 0 Å². The first-order valence-electron chi connectivity index (χ1n) is 7.79. The van der Waals surface area contributed by atoms with Crippen molar-refractivity contribution < 1.29 is 14.2 Å². The van der Waals surface area contributed by atoms with E-state index in [0.29, 0.717) is 17.2 Å². The van der Waals surface area contributed by atoms with Crippen LogP contribution < -0.4 is 19.5 Å². The Balaban J connectivity index is 2.16. The molecule has 1 aliphatic heterocycles. The van der Waals surface area contributed by atoms with Crippen LogP contribution in [0, 0.1) is 0 Å². The Morgan fingerprint density at radius 3 is 2.35 bits per heavy atom. The lowest BCUT2D eigenvalue weighted by Crippen LogP contribution is -2.04. The minimum absolute atomic E-state index is 0.596. The van der Waals surface area contributed by atoms with Crippen molar-refractivity contribution in [3.63, 3.8) is 0 Å². The first-order chi connectivity index (χ1) is 11.2. The van der Waals surface area contributed by atoms with Gasteiger partial charge < -0.3 is 19.5 Å². The predicted octanol–water partition coefficient (Wildman–Crippen LogP) is 2.86. The van der Waals surface area contributed by atoms with E-state index in [-0.39, 0.29) is 0 Å². The van der Waals surface area contributed by atoms with Crippen LogP contribution in [0.1, 0.15) is 18.4 Å². The number of hydrogen-bond acceptors (Lipinski definition) is 5. The molecule has 0 radical (unpaired) electrons. The molecule has 2 aromatic rings. The van der Waals surface area contributed by atoms with Crippen molar-refractivity contribution in [2.45, 2.75) is 19.3 Å². The van der Waals surface area contributed by atoms with E-state index in [0.717, 1.165) is 36.5 Å². The molecule has 0 saturated carbocycles. The summed E-state index contributed by atoms with van der Waals surface area (Å²) in [4.78, 5) is 0. The molecule has 0 fully saturated rings. The maximum absolute atomic E-state index is 5.46. The summed E-state index contributed by atoms with van der Waals surface area (Å²) in [6.07, 6.45) is 3.34. The first kappa shape index (κ1) is 15.5. The summed E-state index contributed by atoms with van der Waals surface area (Å²) in [7, 11) is 6.83. The van der Waals surface area contributed by atoms with E-state index in [1.807, 2.05) is 23.9 Å². The monoisotopic (exact) mass is 317 g/mol. The van der Waals surface area contributed by atoms with Crippen molar-refractivity contribution >= 4 is 5.82 Å². The standard InChI is InChI=1S/C17H23N3O3/c1-20-17-12(7-5-6-8-18-17)15(19-20)11-9-13(21-2)16(23-4)14(10-11)22-3/h9-10,18H,5-8H2,1-4H3. The molecule has 6 nitrogen and oxygen atoms in total. The minimum Gasteiger partial charge on any atom is -0.493 e. The van der Waals surface area contributed by atoms with E-state index in [4.69, 9.17) is 19.3 Å². The molecule has 0 unspecified atom stereocenters. The zero-order chi connectivity index (χ0) is 16.4. The van der Waals surface area contributed by atoms with E-state index < -0.39 is 0 Å². The van der Waals surface area contributed by atoms with Crippen LogP contribution in [0.15, 0.2) is 12.1 Å². The number of aryl methyl sites for hydroxylation is 1. The highest BCUT2D eigenvalue weighted by atomic mass is 16.5. The highest BCUT2D eigenvalue weighted by Gasteiger charge is 2.22. The second kappa shape index (κ2) is 6.40. The molecule has 1 N–H and O–H groups in total. The van der Waals surface area contributed by atoms with E-state index in [1.165, 1.54) is 12.0 Å². The summed E-state index contributed by atoms with van der Waals surface area (Å²) < 4.78 is 18.2. The Bertz CT molecular complexity index is 684. The SMILES string of the molecule is COc1cc(-c2nn(C)c3c2CCCCN3)cc(OC)c1OC. The largest absolute Gasteiger partial charge is 0.493 e. The van der Waals surface area contributed by atoms with Crippen molar-refractivity contribution in [3.8, 4) is 28.5 Å². The van der Waals surface area contributed by atoms with Gasteiger partial charge in [-0.2, -0.15) is 5.10 Å². The highest BCUT2D eigenvalue weighted by molar-refractivity contribution is 5.74. The molecule has 0 amide bonds. The van der Waals surface area contributed by atoms with Crippen molar-refractivity contribution in [2.75, 3.05) is 33.2 Å². The molecule has 124 valence electrons. The first-order valence-corrected chi connectivity index (χ1v) is 7.79. The van der Waals surface area contributed by atoms with Gasteiger partial charge in [-0.3, -0.25) is 4.68 Å². The normalized spacial score (nSPS) is 13.7. The summed E-state index contributed by atoms with van der Waals surface area (Å²) in [6.45, 7) is 0.987. The third-order valence-corrected chi connectivity index (χ3v) is 4.23. The van der Waals surface area contributed by atoms with Crippen molar-refractivity contribution in [2.24, 2.45) is 7.05 Å². The number of nitrogens with one attached hydrogen (secondary N) is 1. The van der Waals surface area contributed by atoms with Crippen molar-refractivity contribution in [1.29, 1.82) is 0 Å². The van der Waals surface area contributed by atoms with Crippen LogP contribution >= 0.6 is 0 Å². The maximum atomic E-state index is 5.46. The number of fused-ring (bicyclic) bond motifs is 1. The lowest BCUT2D eigenvalue weighted by molar-refractivity contribution is 0.324. The van der Waals surface area contributed by atoms with Gasteiger partial charge in [0.2, 0.25) is 5.75 Å². The Kier molecular flexibility index (Phi) is 4.32. The van der Waals surface area contributed by atoms with E-state index in [1.54, 1.807) is 21.3 Å². The van der Waals surface area contributed by atoms with Gasteiger partial charge in [-0.25, -0.2) is 0 Å². The number of anilines is 1. The topological polar surface area (TPSA) is 57.5 Å². The number of benzene rings is 1. The lowest BCUT2D eigenvalue weighted by atomic mass is 10.0. The van der Waals surface area contributed by atoms with Crippen molar-refractivity contribution in [1.82, 2.24) is 9.78 Å². The molecular weight excluding hydrogens is 294 g/mol. The van der Waals surface area contributed by atoms with Crippen LogP contribution in [-0.2, 0) is 13.5 Å². The third kappa shape index (κ3) is 2.69. The van der Waals surface area contributed by atoms with Crippen molar-refractivity contribution in [3.05, 3.63) is 17.7 Å². The van der Waals surface area contributed by atoms with E-state index in [2.05, 4.69) is 5.32 Å². The number of ether oxygens (including phenoxy) is 3. The predicted molar refractivity (Wildman–Crippen MR) is 89.7 cm³/mol. The van der Waals surface area contributed by atoms with Gasteiger partial charge in [0.15, 0.2) is 11.5 Å². The molecule has 23 heavy (non-hydrogen) atoms. The summed E-state index contributed by atoms with van der Waals surface area (Å²) in [6, 6.07) is 3.91. The fourth-order valence-corrected chi connectivity index (χ4v) is 3.11.